The van der Waals surface area contributed by atoms with Gasteiger partial charge in [0.2, 0.25) is 0 Å². The Hall–Kier alpha value is -1.42. The highest BCUT2D eigenvalue weighted by atomic mass is 32.1. The van der Waals surface area contributed by atoms with E-state index >= 15 is 0 Å². The van der Waals surface area contributed by atoms with Crippen molar-refractivity contribution in [3.05, 3.63) is 21.9 Å². The van der Waals surface area contributed by atoms with E-state index in [1.165, 1.54) is 24.2 Å². The first-order valence-corrected chi connectivity index (χ1v) is 8.62. The topological polar surface area (TPSA) is 56.6 Å². The van der Waals surface area contributed by atoms with E-state index in [2.05, 4.69) is 18.0 Å². The van der Waals surface area contributed by atoms with Crippen molar-refractivity contribution in [1.82, 2.24) is 9.80 Å². The minimum absolute atomic E-state index is 0.0373. The predicted molar refractivity (Wildman–Crippen MR) is 84.9 cm³/mol. The highest BCUT2D eigenvalue weighted by Gasteiger charge is 2.29. The average molecular weight is 319 g/mol. The molecule has 1 aliphatic carbocycles. The molecule has 2 heterocycles. The summed E-state index contributed by atoms with van der Waals surface area (Å²) in [5, 5.41) is 10.9. The molecule has 0 bridgehead atoms. The molecule has 5 nitrogen and oxygen atoms in total. The second-order valence-electron chi connectivity index (χ2n) is 6.18. The van der Waals surface area contributed by atoms with Gasteiger partial charge in [-0.15, -0.1) is 11.3 Å². The van der Waals surface area contributed by atoms with Gasteiger partial charge in [0.25, 0.3) is 5.91 Å². The number of hydrogen-bond acceptors (Lipinski definition) is 5. The number of nitriles is 1. The van der Waals surface area contributed by atoms with Gasteiger partial charge in [-0.05, 0) is 37.3 Å². The number of rotatable bonds is 5. The van der Waals surface area contributed by atoms with E-state index in [9.17, 15) is 4.79 Å². The fourth-order valence-corrected chi connectivity index (χ4v) is 3.69. The summed E-state index contributed by atoms with van der Waals surface area (Å²) in [5.74, 6) is 0.820. The lowest BCUT2D eigenvalue weighted by atomic mass is 10.2. The molecule has 22 heavy (non-hydrogen) atoms. The third-order valence-corrected chi connectivity index (χ3v) is 5.09. The number of thiophene rings is 1. The van der Waals surface area contributed by atoms with Gasteiger partial charge < -0.3 is 14.5 Å². The molecule has 2 aliphatic rings. The molecule has 1 atom stereocenters. The summed E-state index contributed by atoms with van der Waals surface area (Å²) in [6, 6.07) is 3.80. The van der Waals surface area contributed by atoms with Gasteiger partial charge in [-0.25, -0.2) is 0 Å². The van der Waals surface area contributed by atoms with Gasteiger partial charge in [0, 0.05) is 26.2 Å². The molecule has 0 N–H and O–H groups in total. The largest absolute Gasteiger partial charge is 0.373 e. The fourth-order valence-electron chi connectivity index (χ4n) is 2.88. The Morgan fingerprint density at radius 1 is 1.55 bits per heavy atom. The van der Waals surface area contributed by atoms with E-state index < -0.39 is 0 Å². The lowest BCUT2D eigenvalue weighted by molar-refractivity contribution is -0.0332. The van der Waals surface area contributed by atoms with Crippen LogP contribution in [0.2, 0.25) is 0 Å². The molecule has 1 amide bonds. The van der Waals surface area contributed by atoms with E-state index in [0.29, 0.717) is 30.1 Å². The van der Waals surface area contributed by atoms with E-state index in [-0.39, 0.29) is 12.0 Å². The Kier molecular flexibility index (Phi) is 4.77. The van der Waals surface area contributed by atoms with Crippen LogP contribution in [-0.2, 0) is 4.74 Å². The second kappa shape index (κ2) is 6.78. The first kappa shape index (κ1) is 15.5. The van der Waals surface area contributed by atoms with Crippen molar-refractivity contribution >= 4 is 17.2 Å². The molecule has 0 radical (unpaired) electrons. The van der Waals surface area contributed by atoms with Crippen molar-refractivity contribution < 1.29 is 9.53 Å². The van der Waals surface area contributed by atoms with Crippen molar-refractivity contribution in [3.63, 3.8) is 0 Å². The van der Waals surface area contributed by atoms with Crippen molar-refractivity contribution in [2.24, 2.45) is 5.92 Å². The molecule has 2 fully saturated rings. The quantitative estimate of drug-likeness (QED) is 0.830. The van der Waals surface area contributed by atoms with Crippen molar-refractivity contribution in [3.8, 4) is 6.07 Å². The van der Waals surface area contributed by atoms with E-state index in [0.717, 1.165) is 19.0 Å². The van der Waals surface area contributed by atoms with Crippen LogP contribution in [0, 0.1) is 17.2 Å². The molecule has 0 spiro atoms. The molecule has 1 saturated heterocycles. The van der Waals surface area contributed by atoms with Gasteiger partial charge in [-0.3, -0.25) is 4.79 Å². The lowest BCUT2D eigenvalue weighted by Crippen LogP contribution is -2.49. The van der Waals surface area contributed by atoms with Gasteiger partial charge in [-0.2, -0.15) is 5.26 Å². The van der Waals surface area contributed by atoms with Gasteiger partial charge >= 0.3 is 0 Å². The molecule has 0 unspecified atom stereocenters. The Balaban J connectivity index is 1.57. The number of amides is 1. The first-order valence-electron chi connectivity index (χ1n) is 7.74. The van der Waals surface area contributed by atoms with Crippen molar-refractivity contribution in [2.75, 3.05) is 39.8 Å². The van der Waals surface area contributed by atoms with Gasteiger partial charge in [0.05, 0.1) is 18.3 Å². The minimum atomic E-state index is -0.0373. The Bertz CT molecular complexity index is 576. The summed E-state index contributed by atoms with van der Waals surface area (Å²) in [4.78, 5) is 17.3. The highest BCUT2D eigenvalue weighted by Crippen LogP contribution is 2.29. The number of carbonyl (C=O) groups is 1. The van der Waals surface area contributed by atoms with Gasteiger partial charge in [0.1, 0.15) is 10.9 Å². The van der Waals surface area contributed by atoms with E-state index in [1.807, 2.05) is 4.90 Å². The van der Waals surface area contributed by atoms with Gasteiger partial charge in [0.15, 0.2) is 0 Å². The van der Waals surface area contributed by atoms with Crippen LogP contribution in [0.1, 0.15) is 28.1 Å². The summed E-state index contributed by atoms with van der Waals surface area (Å²) in [7, 11) is 2.12. The molecule has 1 aromatic rings. The minimum Gasteiger partial charge on any atom is -0.373 e. The zero-order valence-electron chi connectivity index (χ0n) is 12.8. The Morgan fingerprint density at radius 3 is 3.09 bits per heavy atom. The van der Waals surface area contributed by atoms with Crippen LogP contribution in [-0.4, -0.2) is 61.6 Å². The van der Waals surface area contributed by atoms with Crippen LogP contribution in [0.4, 0.5) is 0 Å². The maximum atomic E-state index is 12.6. The van der Waals surface area contributed by atoms with Crippen LogP contribution in [0.15, 0.2) is 11.4 Å². The number of nitrogens with zero attached hydrogens (tertiary/aromatic N) is 3. The molecule has 1 aliphatic heterocycles. The molecule has 6 heteroatoms. The van der Waals surface area contributed by atoms with Crippen LogP contribution in [0.3, 0.4) is 0 Å². The Labute approximate surface area is 135 Å². The summed E-state index contributed by atoms with van der Waals surface area (Å²) >= 11 is 1.34. The molecule has 0 aromatic carbocycles. The van der Waals surface area contributed by atoms with Crippen LogP contribution < -0.4 is 0 Å². The van der Waals surface area contributed by atoms with E-state index in [1.54, 1.807) is 11.4 Å². The predicted octanol–water partition coefficient (Wildman–Crippen LogP) is 1.80. The maximum absolute atomic E-state index is 12.6. The SMILES string of the molecule is CN(CC1CC1)C[C@H]1CN(C(=O)c2sccc2C#N)CCO1. The first-order chi connectivity index (χ1) is 10.7. The van der Waals surface area contributed by atoms with Gasteiger partial charge in [-0.1, -0.05) is 0 Å². The van der Waals surface area contributed by atoms with Crippen LogP contribution in [0.25, 0.3) is 0 Å². The summed E-state index contributed by atoms with van der Waals surface area (Å²) in [6.45, 7) is 3.76. The lowest BCUT2D eigenvalue weighted by Gasteiger charge is -2.34. The number of ether oxygens (including phenoxy) is 1. The van der Waals surface area contributed by atoms with Crippen LogP contribution >= 0.6 is 11.3 Å². The molecule has 1 aromatic heterocycles. The maximum Gasteiger partial charge on any atom is 0.265 e. The number of morpholine rings is 1. The zero-order valence-corrected chi connectivity index (χ0v) is 13.6. The smallest absolute Gasteiger partial charge is 0.265 e. The molecule has 118 valence electrons. The highest BCUT2D eigenvalue weighted by molar-refractivity contribution is 7.12. The number of hydrogen-bond donors (Lipinski definition) is 0. The normalized spacial score (nSPS) is 21.9. The molecule has 3 rings (SSSR count). The average Bonchev–Trinajstić information content (AvgIpc) is 3.19. The second-order valence-corrected chi connectivity index (χ2v) is 7.10. The van der Waals surface area contributed by atoms with E-state index in [4.69, 9.17) is 10.00 Å². The third-order valence-electron chi connectivity index (χ3n) is 4.19. The standard InChI is InChI=1S/C16H21N3O2S/c1-18(9-12-2-3-12)10-14-11-19(5-6-21-14)16(20)15-13(8-17)4-7-22-15/h4,7,12,14H,2-3,5-6,9-11H2,1H3/t14-/m0/s1. The summed E-state index contributed by atoms with van der Waals surface area (Å²) in [5.41, 5.74) is 0.476. The van der Waals surface area contributed by atoms with Crippen LogP contribution in [0.5, 0.6) is 0 Å². The third kappa shape index (κ3) is 3.67. The fraction of sp³-hybridized carbons (Fsp3) is 0.625. The van der Waals surface area contributed by atoms with Crippen molar-refractivity contribution in [1.29, 1.82) is 5.26 Å². The van der Waals surface area contributed by atoms with Crippen molar-refractivity contribution in [2.45, 2.75) is 18.9 Å². The molecular weight excluding hydrogens is 298 g/mol. The Morgan fingerprint density at radius 2 is 2.36 bits per heavy atom. The summed E-state index contributed by atoms with van der Waals surface area (Å²) in [6.07, 6.45) is 2.75. The summed E-state index contributed by atoms with van der Waals surface area (Å²) < 4.78 is 5.81. The molecule has 1 saturated carbocycles. The zero-order chi connectivity index (χ0) is 15.5. The number of carbonyl (C=O) groups excluding carboxylic acids is 1. The monoisotopic (exact) mass is 319 g/mol. The number of likely N-dealkylation sites (N-methyl/N-ethyl adjacent to an activating group) is 1. The molecular formula is C16H21N3O2S.